The fourth-order valence-corrected chi connectivity index (χ4v) is 2.27. The van der Waals surface area contributed by atoms with E-state index < -0.39 is 5.97 Å². The van der Waals surface area contributed by atoms with Crippen molar-refractivity contribution in [3.63, 3.8) is 0 Å². The first-order valence-corrected chi connectivity index (χ1v) is 6.52. The maximum atomic E-state index is 10.7. The van der Waals surface area contributed by atoms with Crippen molar-refractivity contribution in [3.05, 3.63) is 23.3 Å². The predicted molar refractivity (Wildman–Crippen MR) is 73.1 cm³/mol. The number of hydrogen-bond acceptors (Lipinski definition) is 3. The Balaban J connectivity index is 2.45. The van der Waals surface area contributed by atoms with Crippen molar-refractivity contribution < 1.29 is 9.90 Å². The number of aromatic amines is 1. The van der Waals surface area contributed by atoms with Crippen molar-refractivity contribution in [3.8, 4) is 0 Å². The van der Waals surface area contributed by atoms with Crippen LogP contribution in [0, 0.1) is 12.8 Å². The lowest BCUT2D eigenvalue weighted by Gasteiger charge is -2.08. The lowest BCUT2D eigenvalue weighted by atomic mass is 10.0. The summed E-state index contributed by atoms with van der Waals surface area (Å²) in [6.07, 6.45) is 3.36. The number of aliphatic carboxylic acids is 1. The van der Waals surface area contributed by atoms with Crippen LogP contribution in [0.3, 0.4) is 0 Å². The number of aromatic nitrogens is 3. The van der Waals surface area contributed by atoms with Crippen LogP contribution >= 0.6 is 0 Å². The molecule has 2 aromatic rings. The molecule has 19 heavy (non-hydrogen) atoms. The van der Waals surface area contributed by atoms with Crippen LogP contribution in [0.15, 0.2) is 6.20 Å². The normalized spacial score (nSPS) is 11.4. The Morgan fingerprint density at radius 3 is 2.79 bits per heavy atom. The van der Waals surface area contributed by atoms with Gasteiger partial charge in [-0.15, -0.1) is 0 Å². The number of fused-ring (bicyclic) bond motifs is 1. The average Bonchev–Trinajstić information content (AvgIpc) is 2.68. The maximum Gasteiger partial charge on any atom is 0.303 e. The molecule has 0 radical (unpaired) electrons. The summed E-state index contributed by atoms with van der Waals surface area (Å²) in [5, 5.41) is 9.80. The Morgan fingerprint density at radius 2 is 2.16 bits per heavy atom. The summed E-state index contributed by atoms with van der Waals surface area (Å²) in [6, 6.07) is 0. The lowest BCUT2D eigenvalue weighted by Crippen LogP contribution is -2.03. The highest BCUT2D eigenvalue weighted by atomic mass is 16.4. The molecule has 0 amide bonds. The third-order valence-electron chi connectivity index (χ3n) is 3.01. The molecule has 0 aromatic carbocycles. The van der Waals surface area contributed by atoms with Gasteiger partial charge in [-0.1, -0.05) is 13.8 Å². The molecule has 0 aliphatic heterocycles. The number of carboxylic acid groups (broad SMARTS) is 1. The first-order valence-electron chi connectivity index (χ1n) is 6.52. The number of carbonyl (C=O) groups is 1. The van der Waals surface area contributed by atoms with Crippen LogP contribution in [0.1, 0.15) is 37.4 Å². The molecule has 0 atom stereocenters. The molecule has 2 aromatic heterocycles. The Bertz CT molecular complexity index is 602. The molecule has 5 heteroatoms. The van der Waals surface area contributed by atoms with E-state index in [2.05, 4.69) is 28.8 Å². The molecule has 0 bridgehead atoms. The fraction of sp³-hybridized carbons (Fsp3) is 0.500. The summed E-state index contributed by atoms with van der Waals surface area (Å²) >= 11 is 0. The molecule has 5 nitrogen and oxygen atoms in total. The van der Waals surface area contributed by atoms with Gasteiger partial charge in [0.05, 0.1) is 5.69 Å². The van der Waals surface area contributed by atoms with Gasteiger partial charge in [0.15, 0.2) is 0 Å². The van der Waals surface area contributed by atoms with Gasteiger partial charge in [0, 0.05) is 18.0 Å². The second kappa shape index (κ2) is 5.38. The number of nitrogens with zero attached hydrogens (tertiary/aromatic N) is 2. The Morgan fingerprint density at radius 1 is 1.42 bits per heavy atom. The SMILES string of the molecule is Cc1nc(CC(C)C)c2c(CCC(=O)O)c[nH]c2n1. The highest BCUT2D eigenvalue weighted by Gasteiger charge is 2.14. The van der Waals surface area contributed by atoms with E-state index >= 15 is 0 Å². The quantitative estimate of drug-likeness (QED) is 0.866. The third kappa shape index (κ3) is 3.10. The van der Waals surface area contributed by atoms with Crippen molar-refractivity contribution >= 4 is 17.0 Å². The van der Waals surface area contributed by atoms with Gasteiger partial charge in [-0.05, 0) is 31.2 Å². The van der Waals surface area contributed by atoms with Crippen molar-refractivity contribution in [2.45, 2.75) is 40.0 Å². The van der Waals surface area contributed by atoms with Gasteiger partial charge in [-0.3, -0.25) is 4.79 Å². The highest BCUT2D eigenvalue weighted by Crippen LogP contribution is 2.23. The largest absolute Gasteiger partial charge is 0.481 e. The van der Waals surface area contributed by atoms with E-state index in [9.17, 15) is 4.79 Å². The second-order valence-electron chi connectivity index (χ2n) is 5.25. The molecule has 102 valence electrons. The number of carboxylic acids is 1. The molecule has 0 fully saturated rings. The first kappa shape index (κ1) is 13.5. The molecule has 0 aliphatic rings. The minimum Gasteiger partial charge on any atom is -0.481 e. The molecule has 2 N–H and O–H groups in total. The van der Waals surface area contributed by atoms with E-state index in [1.165, 1.54) is 0 Å². The van der Waals surface area contributed by atoms with Gasteiger partial charge in [-0.2, -0.15) is 0 Å². The zero-order chi connectivity index (χ0) is 14.0. The number of rotatable bonds is 5. The van der Waals surface area contributed by atoms with E-state index in [1.54, 1.807) is 0 Å². The average molecular weight is 261 g/mol. The molecule has 0 aliphatic carbocycles. The van der Waals surface area contributed by atoms with Gasteiger partial charge in [-0.25, -0.2) is 9.97 Å². The highest BCUT2D eigenvalue weighted by molar-refractivity contribution is 5.83. The number of aryl methyl sites for hydroxylation is 2. The van der Waals surface area contributed by atoms with Gasteiger partial charge in [0.2, 0.25) is 0 Å². The molecule has 0 spiro atoms. The molecule has 0 saturated carbocycles. The minimum absolute atomic E-state index is 0.127. The van der Waals surface area contributed by atoms with Crippen LogP contribution in [0.2, 0.25) is 0 Å². The summed E-state index contributed by atoms with van der Waals surface area (Å²) in [5.74, 6) is 0.460. The standard InChI is InChI=1S/C14H19N3O2/c1-8(2)6-11-13-10(4-5-12(18)19)7-15-14(13)17-9(3)16-11/h7-8H,4-6H2,1-3H3,(H,18,19)(H,15,16,17). The monoisotopic (exact) mass is 261 g/mol. The molecular weight excluding hydrogens is 242 g/mol. The van der Waals surface area contributed by atoms with Gasteiger partial charge < -0.3 is 10.1 Å². The van der Waals surface area contributed by atoms with E-state index in [1.807, 2.05) is 13.1 Å². The minimum atomic E-state index is -0.784. The fourth-order valence-electron chi connectivity index (χ4n) is 2.27. The number of H-pyrrole nitrogens is 1. The van der Waals surface area contributed by atoms with Crippen LogP contribution in [0.25, 0.3) is 11.0 Å². The van der Waals surface area contributed by atoms with Gasteiger partial charge in [0.1, 0.15) is 11.5 Å². The molecular formula is C14H19N3O2. The van der Waals surface area contributed by atoms with Crippen LogP contribution < -0.4 is 0 Å². The number of nitrogens with one attached hydrogen (secondary N) is 1. The van der Waals surface area contributed by atoms with E-state index in [4.69, 9.17) is 5.11 Å². The zero-order valence-corrected chi connectivity index (χ0v) is 11.5. The number of hydrogen-bond donors (Lipinski definition) is 2. The van der Waals surface area contributed by atoms with Crippen LogP contribution in [-0.2, 0) is 17.6 Å². The molecule has 2 rings (SSSR count). The van der Waals surface area contributed by atoms with Crippen molar-refractivity contribution in [2.75, 3.05) is 0 Å². The maximum absolute atomic E-state index is 10.7. The van der Waals surface area contributed by atoms with E-state index in [-0.39, 0.29) is 6.42 Å². The summed E-state index contributed by atoms with van der Waals surface area (Å²) in [7, 11) is 0. The van der Waals surface area contributed by atoms with Gasteiger partial charge >= 0.3 is 5.97 Å². The predicted octanol–water partition coefficient (Wildman–Crippen LogP) is 2.48. The molecule has 0 unspecified atom stereocenters. The van der Waals surface area contributed by atoms with Crippen LogP contribution in [-0.4, -0.2) is 26.0 Å². The smallest absolute Gasteiger partial charge is 0.303 e. The topological polar surface area (TPSA) is 78.9 Å². The van der Waals surface area contributed by atoms with Crippen LogP contribution in [0.5, 0.6) is 0 Å². The Hall–Kier alpha value is -1.91. The molecule has 2 heterocycles. The zero-order valence-electron chi connectivity index (χ0n) is 11.5. The second-order valence-corrected chi connectivity index (χ2v) is 5.25. The summed E-state index contributed by atoms with van der Waals surface area (Å²) in [6.45, 7) is 6.17. The van der Waals surface area contributed by atoms with E-state index in [0.29, 0.717) is 12.3 Å². The summed E-state index contributed by atoms with van der Waals surface area (Å²) in [4.78, 5) is 22.7. The lowest BCUT2D eigenvalue weighted by molar-refractivity contribution is -0.136. The first-order chi connectivity index (χ1) is 8.97. The van der Waals surface area contributed by atoms with Crippen molar-refractivity contribution in [1.82, 2.24) is 15.0 Å². The molecule has 0 saturated heterocycles. The van der Waals surface area contributed by atoms with Crippen molar-refractivity contribution in [2.24, 2.45) is 5.92 Å². The third-order valence-corrected chi connectivity index (χ3v) is 3.01. The van der Waals surface area contributed by atoms with Crippen LogP contribution in [0.4, 0.5) is 0 Å². The summed E-state index contributed by atoms with van der Waals surface area (Å²) < 4.78 is 0. The van der Waals surface area contributed by atoms with Gasteiger partial charge in [0.25, 0.3) is 0 Å². The summed E-state index contributed by atoms with van der Waals surface area (Å²) in [5.41, 5.74) is 2.82. The Kier molecular flexibility index (Phi) is 3.83. The van der Waals surface area contributed by atoms with E-state index in [0.717, 1.165) is 34.5 Å². The van der Waals surface area contributed by atoms with Crippen molar-refractivity contribution in [1.29, 1.82) is 0 Å². The Labute approximate surface area is 112 Å².